The van der Waals surface area contributed by atoms with E-state index in [1.165, 1.54) is 12.1 Å². The first-order chi connectivity index (χ1) is 12.0. The zero-order valence-electron chi connectivity index (χ0n) is 13.5. The zero-order valence-corrected chi connectivity index (χ0v) is 15.1. The van der Waals surface area contributed by atoms with Gasteiger partial charge in [0, 0.05) is 31.0 Å². The maximum absolute atomic E-state index is 13.2. The molecular formula is C18H16ClFN4S. The third-order valence-corrected chi connectivity index (χ3v) is 4.30. The van der Waals surface area contributed by atoms with Crippen LogP contribution in [0.25, 0.3) is 5.69 Å². The molecule has 0 aliphatic rings. The minimum Gasteiger partial charge on any atom is -0.348 e. The lowest BCUT2D eigenvalue weighted by Gasteiger charge is -2.20. The van der Waals surface area contributed by atoms with E-state index in [9.17, 15) is 4.39 Å². The molecule has 0 fully saturated rings. The summed E-state index contributed by atoms with van der Waals surface area (Å²) in [6, 6.07) is 14.3. The van der Waals surface area contributed by atoms with E-state index in [0.717, 1.165) is 11.3 Å². The average Bonchev–Trinajstić information content (AvgIpc) is 3.07. The van der Waals surface area contributed by atoms with Gasteiger partial charge < -0.3 is 10.2 Å². The Morgan fingerprint density at radius 1 is 1.28 bits per heavy atom. The van der Waals surface area contributed by atoms with E-state index in [2.05, 4.69) is 10.4 Å². The van der Waals surface area contributed by atoms with Crippen LogP contribution in [0.4, 0.5) is 10.1 Å². The van der Waals surface area contributed by atoms with Crippen molar-refractivity contribution in [2.75, 3.05) is 12.4 Å². The minimum absolute atomic E-state index is 0.0552. The van der Waals surface area contributed by atoms with Crippen molar-refractivity contribution in [3.05, 3.63) is 77.3 Å². The number of thiocarbonyl (C=S) groups is 1. The van der Waals surface area contributed by atoms with Gasteiger partial charge in [-0.3, -0.25) is 0 Å². The Labute approximate surface area is 155 Å². The Morgan fingerprint density at radius 2 is 2.04 bits per heavy atom. The summed E-state index contributed by atoms with van der Waals surface area (Å²) in [6.45, 7) is 0.591. The van der Waals surface area contributed by atoms with E-state index in [0.29, 0.717) is 17.3 Å². The number of para-hydroxylation sites is 1. The first-order valence-corrected chi connectivity index (χ1v) is 8.37. The van der Waals surface area contributed by atoms with Crippen LogP contribution in [0.2, 0.25) is 5.02 Å². The lowest BCUT2D eigenvalue weighted by Crippen LogP contribution is -2.30. The van der Waals surface area contributed by atoms with E-state index in [1.54, 1.807) is 12.3 Å². The predicted molar refractivity (Wildman–Crippen MR) is 103 cm³/mol. The van der Waals surface area contributed by atoms with Gasteiger partial charge in [0.1, 0.15) is 5.82 Å². The Bertz CT molecular complexity index is 882. The number of nitrogens with zero attached hydrogens (tertiary/aromatic N) is 3. The van der Waals surface area contributed by atoms with Gasteiger partial charge in [0.25, 0.3) is 0 Å². The fourth-order valence-corrected chi connectivity index (χ4v) is 2.67. The van der Waals surface area contributed by atoms with Crippen LogP contribution in [-0.4, -0.2) is 26.8 Å². The second-order valence-corrected chi connectivity index (χ2v) is 6.34. The monoisotopic (exact) mass is 374 g/mol. The second kappa shape index (κ2) is 7.63. The summed E-state index contributed by atoms with van der Waals surface area (Å²) in [5, 5.41) is 7.98. The molecule has 0 spiro atoms. The third kappa shape index (κ3) is 4.35. The van der Waals surface area contributed by atoms with Crippen LogP contribution in [0.5, 0.6) is 0 Å². The van der Waals surface area contributed by atoms with E-state index in [4.69, 9.17) is 23.8 Å². The lowest BCUT2D eigenvalue weighted by molar-refractivity contribution is 0.508. The van der Waals surface area contributed by atoms with Crippen molar-refractivity contribution in [2.24, 2.45) is 0 Å². The third-order valence-electron chi connectivity index (χ3n) is 3.59. The zero-order chi connectivity index (χ0) is 17.8. The number of benzene rings is 2. The molecule has 1 aromatic heterocycles. The lowest BCUT2D eigenvalue weighted by atomic mass is 10.3. The fraction of sp³-hybridized carbons (Fsp3) is 0.111. The number of anilines is 1. The van der Waals surface area contributed by atoms with Crippen molar-refractivity contribution in [1.29, 1.82) is 0 Å². The van der Waals surface area contributed by atoms with Gasteiger partial charge in [0.05, 0.1) is 16.9 Å². The Balaban J connectivity index is 1.63. The first kappa shape index (κ1) is 17.4. The normalized spacial score (nSPS) is 10.5. The number of halogens is 2. The maximum Gasteiger partial charge on any atom is 0.173 e. The molecule has 0 atom stereocenters. The standard InChI is InChI=1S/C18H16ClFN4S/c1-23(18(25)22-14-7-8-17(20)16(19)9-14)11-13-10-21-24(12-13)15-5-3-2-4-6-15/h2-10,12H,11H2,1H3,(H,22,25). The molecular weight excluding hydrogens is 359 g/mol. The molecule has 0 unspecified atom stereocenters. The fourth-order valence-electron chi connectivity index (χ4n) is 2.30. The van der Waals surface area contributed by atoms with Gasteiger partial charge in [-0.25, -0.2) is 9.07 Å². The highest BCUT2D eigenvalue weighted by molar-refractivity contribution is 7.80. The molecule has 0 saturated heterocycles. The van der Waals surface area contributed by atoms with Gasteiger partial charge in [-0.1, -0.05) is 29.8 Å². The van der Waals surface area contributed by atoms with E-state index >= 15 is 0 Å². The van der Waals surface area contributed by atoms with Gasteiger partial charge in [-0.15, -0.1) is 0 Å². The molecule has 3 rings (SSSR count). The summed E-state index contributed by atoms with van der Waals surface area (Å²) in [5.41, 5.74) is 2.66. The van der Waals surface area contributed by atoms with Gasteiger partial charge in [0.2, 0.25) is 0 Å². The van der Waals surface area contributed by atoms with Gasteiger partial charge in [0.15, 0.2) is 5.11 Å². The van der Waals surface area contributed by atoms with Crippen LogP contribution in [-0.2, 0) is 6.54 Å². The van der Waals surface area contributed by atoms with Crippen molar-refractivity contribution in [3.63, 3.8) is 0 Å². The molecule has 0 aliphatic carbocycles. The molecule has 1 N–H and O–H groups in total. The number of rotatable bonds is 4. The molecule has 2 aromatic carbocycles. The maximum atomic E-state index is 13.2. The van der Waals surface area contributed by atoms with Crippen molar-refractivity contribution >= 4 is 34.6 Å². The first-order valence-electron chi connectivity index (χ1n) is 7.59. The molecule has 4 nitrogen and oxygen atoms in total. The van der Waals surface area contributed by atoms with Gasteiger partial charge in [-0.2, -0.15) is 5.10 Å². The molecule has 0 radical (unpaired) electrons. The van der Waals surface area contributed by atoms with Crippen molar-refractivity contribution < 1.29 is 4.39 Å². The van der Waals surface area contributed by atoms with Crippen LogP contribution in [0.3, 0.4) is 0 Å². The number of nitrogens with one attached hydrogen (secondary N) is 1. The minimum atomic E-state index is -0.459. The van der Waals surface area contributed by atoms with Crippen LogP contribution in [0, 0.1) is 5.82 Å². The highest BCUT2D eigenvalue weighted by Crippen LogP contribution is 2.20. The highest BCUT2D eigenvalue weighted by Gasteiger charge is 2.09. The molecule has 1 heterocycles. The Hall–Kier alpha value is -2.44. The molecule has 25 heavy (non-hydrogen) atoms. The smallest absolute Gasteiger partial charge is 0.173 e. The number of hydrogen-bond acceptors (Lipinski definition) is 2. The molecule has 0 amide bonds. The molecule has 128 valence electrons. The van der Waals surface area contributed by atoms with Crippen LogP contribution < -0.4 is 5.32 Å². The van der Waals surface area contributed by atoms with Crippen LogP contribution in [0.1, 0.15) is 5.56 Å². The largest absolute Gasteiger partial charge is 0.348 e. The molecule has 0 saturated carbocycles. The van der Waals surface area contributed by atoms with E-state index < -0.39 is 5.82 Å². The second-order valence-electron chi connectivity index (χ2n) is 5.54. The summed E-state index contributed by atoms with van der Waals surface area (Å²) in [5.74, 6) is -0.459. The van der Waals surface area contributed by atoms with E-state index in [1.807, 2.05) is 53.2 Å². The number of aromatic nitrogens is 2. The molecule has 0 bridgehead atoms. The van der Waals surface area contributed by atoms with Crippen LogP contribution >= 0.6 is 23.8 Å². The average molecular weight is 375 g/mol. The quantitative estimate of drug-likeness (QED) is 0.682. The summed E-state index contributed by atoms with van der Waals surface area (Å²) < 4.78 is 15.0. The summed E-state index contributed by atoms with van der Waals surface area (Å²) >= 11 is 11.2. The summed E-state index contributed by atoms with van der Waals surface area (Å²) in [7, 11) is 1.88. The van der Waals surface area contributed by atoms with Crippen molar-refractivity contribution in [1.82, 2.24) is 14.7 Å². The summed E-state index contributed by atoms with van der Waals surface area (Å²) in [6.07, 6.45) is 3.77. The Kier molecular flexibility index (Phi) is 5.31. The molecule has 0 aliphatic heterocycles. The summed E-state index contributed by atoms with van der Waals surface area (Å²) in [4.78, 5) is 1.87. The van der Waals surface area contributed by atoms with Gasteiger partial charge in [-0.05, 0) is 42.5 Å². The number of hydrogen-bond donors (Lipinski definition) is 1. The van der Waals surface area contributed by atoms with Crippen molar-refractivity contribution in [3.8, 4) is 5.69 Å². The van der Waals surface area contributed by atoms with Crippen LogP contribution in [0.15, 0.2) is 60.9 Å². The SMILES string of the molecule is CN(Cc1cnn(-c2ccccc2)c1)C(=S)Nc1ccc(F)c(Cl)c1. The molecule has 7 heteroatoms. The van der Waals surface area contributed by atoms with E-state index in [-0.39, 0.29) is 5.02 Å². The highest BCUT2D eigenvalue weighted by atomic mass is 35.5. The Morgan fingerprint density at radius 3 is 2.76 bits per heavy atom. The van der Waals surface area contributed by atoms with Gasteiger partial charge >= 0.3 is 0 Å². The topological polar surface area (TPSA) is 33.1 Å². The molecule has 3 aromatic rings. The van der Waals surface area contributed by atoms with Crippen molar-refractivity contribution in [2.45, 2.75) is 6.54 Å². The predicted octanol–water partition coefficient (Wildman–Crippen LogP) is 4.49.